The van der Waals surface area contributed by atoms with Gasteiger partial charge < -0.3 is 15.0 Å². The lowest BCUT2D eigenvalue weighted by Gasteiger charge is -2.32. The second kappa shape index (κ2) is 7.71. The molecule has 2 aromatic carbocycles. The van der Waals surface area contributed by atoms with Gasteiger partial charge in [-0.25, -0.2) is 0 Å². The Bertz CT molecular complexity index is 1030. The summed E-state index contributed by atoms with van der Waals surface area (Å²) in [7, 11) is 0. The van der Waals surface area contributed by atoms with Gasteiger partial charge in [0.15, 0.2) is 5.75 Å². The number of carbonyl (C=O) groups is 2. The van der Waals surface area contributed by atoms with E-state index in [4.69, 9.17) is 4.74 Å². The van der Waals surface area contributed by atoms with Crippen LogP contribution in [0, 0.1) is 10.1 Å². The van der Waals surface area contributed by atoms with E-state index in [2.05, 4.69) is 21.2 Å². The number of nitro benzene ring substituents is 1. The number of carbonyl (C=O) groups excluding carboxylic acids is 2. The summed E-state index contributed by atoms with van der Waals surface area (Å²) in [5.41, 5.74) is -2.26. The van der Waals surface area contributed by atoms with Crippen LogP contribution in [0.25, 0.3) is 0 Å². The number of rotatable bonds is 5. The van der Waals surface area contributed by atoms with Crippen molar-refractivity contribution < 1.29 is 19.2 Å². The zero-order valence-corrected chi connectivity index (χ0v) is 18.6. The highest BCUT2D eigenvalue weighted by Crippen LogP contribution is 2.46. The largest absolute Gasteiger partial charge is 0.455 e. The third kappa shape index (κ3) is 3.65. The van der Waals surface area contributed by atoms with E-state index in [0.29, 0.717) is 22.3 Å². The van der Waals surface area contributed by atoms with Gasteiger partial charge in [-0.05, 0) is 52.0 Å². The molecule has 8 nitrogen and oxygen atoms in total. The maximum Gasteiger partial charge on any atom is 0.311 e. The highest BCUT2D eigenvalue weighted by atomic mass is 79.9. The number of nitrogens with zero attached hydrogens (tertiary/aromatic N) is 2. The van der Waals surface area contributed by atoms with E-state index in [0.717, 1.165) is 0 Å². The number of ether oxygens (including phenoxy) is 1. The standard InChI is InChI=1S/C21H22BrN3O5/c1-5-24-15-11-10-13(22)12-14(15)21(19(24)27,18(26)23-20(2,3)4)30-17-9-7-6-8-16(17)25(28)29/h6-12H,5H2,1-4H3,(H,23,26). The average Bonchev–Trinajstić information content (AvgIpc) is 2.89. The first-order chi connectivity index (χ1) is 14.0. The van der Waals surface area contributed by atoms with Crippen molar-refractivity contribution in [2.45, 2.75) is 38.8 Å². The number of likely N-dealkylation sites (N-methyl/N-ethyl adjacent to an activating group) is 1. The van der Waals surface area contributed by atoms with Gasteiger partial charge in [-0.2, -0.15) is 0 Å². The van der Waals surface area contributed by atoms with Crippen LogP contribution < -0.4 is 15.0 Å². The molecule has 2 amide bonds. The zero-order valence-electron chi connectivity index (χ0n) is 17.1. The van der Waals surface area contributed by atoms with Crippen LogP contribution in [0.3, 0.4) is 0 Å². The van der Waals surface area contributed by atoms with Crippen molar-refractivity contribution in [3.05, 3.63) is 62.6 Å². The second-order valence-electron chi connectivity index (χ2n) is 7.92. The fourth-order valence-electron chi connectivity index (χ4n) is 3.41. The Morgan fingerprint density at radius 1 is 1.27 bits per heavy atom. The normalized spacial score (nSPS) is 18.2. The summed E-state index contributed by atoms with van der Waals surface area (Å²) < 4.78 is 6.67. The summed E-state index contributed by atoms with van der Waals surface area (Å²) in [5.74, 6) is -1.45. The molecule has 2 aromatic rings. The lowest BCUT2D eigenvalue weighted by molar-refractivity contribution is -0.386. The number of fused-ring (bicyclic) bond motifs is 1. The Balaban J connectivity index is 2.28. The molecular formula is C21H22BrN3O5. The van der Waals surface area contributed by atoms with Gasteiger partial charge >= 0.3 is 5.69 Å². The predicted molar refractivity (Wildman–Crippen MR) is 115 cm³/mol. The van der Waals surface area contributed by atoms with E-state index in [1.807, 2.05) is 0 Å². The van der Waals surface area contributed by atoms with Crippen molar-refractivity contribution >= 4 is 39.1 Å². The van der Waals surface area contributed by atoms with E-state index < -0.39 is 27.9 Å². The van der Waals surface area contributed by atoms with Crippen LogP contribution >= 0.6 is 15.9 Å². The van der Waals surface area contributed by atoms with Gasteiger partial charge in [-0.3, -0.25) is 19.7 Å². The Kier molecular flexibility index (Phi) is 5.60. The number of nitro groups is 1. The van der Waals surface area contributed by atoms with Crippen LogP contribution in [0.2, 0.25) is 0 Å². The van der Waals surface area contributed by atoms with Crippen LogP contribution in [0.15, 0.2) is 46.9 Å². The Morgan fingerprint density at radius 3 is 2.53 bits per heavy atom. The smallest absolute Gasteiger partial charge is 0.311 e. The lowest BCUT2D eigenvalue weighted by Crippen LogP contribution is -2.58. The minimum Gasteiger partial charge on any atom is -0.455 e. The summed E-state index contributed by atoms with van der Waals surface area (Å²) in [6.07, 6.45) is 0. The monoisotopic (exact) mass is 475 g/mol. The van der Waals surface area contributed by atoms with Crippen molar-refractivity contribution in [1.29, 1.82) is 0 Å². The first-order valence-corrected chi connectivity index (χ1v) is 10.2. The van der Waals surface area contributed by atoms with Gasteiger partial charge in [-0.1, -0.05) is 28.1 Å². The minimum atomic E-state index is -2.10. The molecule has 0 aromatic heterocycles. The van der Waals surface area contributed by atoms with Crippen molar-refractivity contribution in [3.8, 4) is 5.75 Å². The molecular weight excluding hydrogens is 454 g/mol. The Labute approximate surface area is 182 Å². The molecule has 0 fully saturated rings. The molecule has 1 aliphatic heterocycles. The van der Waals surface area contributed by atoms with Crippen LogP contribution in [0.5, 0.6) is 5.75 Å². The molecule has 1 aliphatic rings. The van der Waals surface area contributed by atoms with Crippen molar-refractivity contribution in [2.75, 3.05) is 11.4 Å². The number of nitrogens with one attached hydrogen (secondary N) is 1. The SMILES string of the molecule is CCN1C(=O)C(Oc2ccccc2[N+](=O)[O-])(C(=O)NC(C)(C)C)c2cc(Br)ccc21. The number of anilines is 1. The average molecular weight is 476 g/mol. The summed E-state index contributed by atoms with van der Waals surface area (Å²) in [5, 5.41) is 14.3. The van der Waals surface area contributed by atoms with Crippen LogP contribution in [-0.2, 0) is 15.2 Å². The molecule has 3 rings (SSSR count). The molecule has 9 heteroatoms. The van der Waals surface area contributed by atoms with Crippen LogP contribution in [0.4, 0.5) is 11.4 Å². The number of para-hydroxylation sites is 2. The van der Waals surface area contributed by atoms with Gasteiger partial charge in [0.05, 0.1) is 10.6 Å². The van der Waals surface area contributed by atoms with E-state index >= 15 is 0 Å². The molecule has 0 radical (unpaired) electrons. The molecule has 1 atom stereocenters. The summed E-state index contributed by atoms with van der Waals surface area (Å²) in [6, 6.07) is 10.8. The molecule has 158 valence electrons. The van der Waals surface area contributed by atoms with Crippen LogP contribution in [0.1, 0.15) is 33.3 Å². The van der Waals surface area contributed by atoms with Crippen molar-refractivity contribution in [1.82, 2.24) is 5.32 Å². The van der Waals surface area contributed by atoms with Gasteiger partial charge in [0.2, 0.25) is 0 Å². The highest BCUT2D eigenvalue weighted by molar-refractivity contribution is 9.10. The summed E-state index contributed by atoms with van der Waals surface area (Å²) in [6.45, 7) is 7.43. The second-order valence-corrected chi connectivity index (χ2v) is 8.84. The molecule has 0 saturated carbocycles. The predicted octanol–water partition coefficient (Wildman–Crippen LogP) is 3.91. The molecule has 0 aliphatic carbocycles. The fraction of sp³-hybridized carbons (Fsp3) is 0.333. The zero-order chi connectivity index (χ0) is 22.3. The maximum atomic E-state index is 13.6. The molecule has 1 heterocycles. The molecule has 0 bridgehead atoms. The summed E-state index contributed by atoms with van der Waals surface area (Å²) in [4.78, 5) is 39.5. The van der Waals surface area contributed by atoms with E-state index in [-0.39, 0.29) is 11.4 Å². The summed E-state index contributed by atoms with van der Waals surface area (Å²) >= 11 is 3.39. The van der Waals surface area contributed by atoms with Crippen molar-refractivity contribution in [3.63, 3.8) is 0 Å². The third-order valence-corrected chi connectivity index (χ3v) is 5.12. The Hall–Kier alpha value is -2.94. The molecule has 1 N–H and O–H groups in total. The molecule has 1 unspecified atom stereocenters. The van der Waals surface area contributed by atoms with Gasteiger partial charge in [-0.15, -0.1) is 0 Å². The number of halogens is 1. The first-order valence-electron chi connectivity index (χ1n) is 9.38. The van der Waals surface area contributed by atoms with Gasteiger partial charge in [0, 0.05) is 28.2 Å². The van der Waals surface area contributed by atoms with E-state index in [1.54, 1.807) is 52.0 Å². The van der Waals surface area contributed by atoms with Gasteiger partial charge in [0.1, 0.15) is 0 Å². The van der Waals surface area contributed by atoms with E-state index in [9.17, 15) is 19.7 Å². The molecule has 0 spiro atoms. The minimum absolute atomic E-state index is 0.163. The van der Waals surface area contributed by atoms with E-state index in [1.165, 1.54) is 23.1 Å². The molecule has 30 heavy (non-hydrogen) atoms. The number of benzene rings is 2. The Morgan fingerprint density at radius 2 is 1.93 bits per heavy atom. The quantitative estimate of drug-likeness (QED) is 0.401. The number of amides is 2. The van der Waals surface area contributed by atoms with Crippen LogP contribution in [-0.4, -0.2) is 28.8 Å². The topological polar surface area (TPSA) is 102 Å². The van der Waals surface area contributed by atoms with Crippen molar-refractivity contribution in [2.24, 2.45) is 0 Å². The number of hydrogen-bond acceptors (Lipinski definition) is 5. The van der Waals surface area contributed by atoms with Gasteiger partial charge in [0.25, 0.3) is 17.4 Å². The maximum absolute atomic E-state index is 13.6. The first kappa shape index (κ1) is 21.8. The third-order valence-electron chi connectivity index (χ3n) is 4.62. The number of hydrogen-bond donors (Lipinski definition) is 1. The lowest BCUT2D eigenvalue weighted by atomic mass is 9.92. The molecule has 0 saturated heterocycles. The highest BCUT2D eigenvalue weighted by Gasteiger charge is 2.60. The fourth-order valence-corrected chi connectivity index (χ4v) is 3.77.